The van der Waals surface area contributed by atoms with Crippen molar-refractivity contribution < 1.29 is 18.7 Å². The molecule has 0 saturated carbocycles. The number of anilines is 2. The maximum absolute atomic E-state index is 14.5. The molecule has 4 heterocycles. The molecule has 2 aromatic heterocycles. The molecule has 8 heteroatoms. The van der Waals surface area contributed by atoms with Gasteiger partial charge in [0.1, 0.15) is 5.75 Å². The van der Waals surface area contributed by atoms with Crippen molar-refractivity contribution in [1.29, 1.82) is 0 Å². The van der Waals surface area contributed by atoms with E-state index < -0.39 is 5.82 Å². The van der Waals surface area contributed by atoms with Crippen LogP contribution in [0.5, 0.6) is 11.5 Å². The summed E-state index contributed by atoms with van der Waals surface area (Å²) in [4.78, 5) is 21.0. The summed E-state index contributed by atoms with van der Waals surface area (Å²) in [6.45, 7) is 5.39. The molecule has 0 unspecified atom stereocenters. The SMILES string of the molecule is COc1c(F)cccc1Nc1c2[nH]c3c1C(=O)NC[C@@H]3CC/C(C)=C(\C)CCOc1cnccc1-2. The number of carbonyl (C=O) groups excluding carboxylic acids is 1. The molecule has 7 nitrogen and oxygen atoms in total. The Labute approximate surface area is 203 Å². The van der Waals surface area contributed by atoms with Crippen LogP contribution in [-0.2, 0) is 0 Å². The summed E-state index contributed by atoms with van der Waals surface area (Å²) >= 11 is 0. The largest absolute Gasteiger partial charge is 0.492 e. The van der Waals surface area contributed by atoms with Gasteiger partial charge in [-0.05, 0) is 44.9 Å². The van der Waals surface area contributed by atoms with Crippen LogP contribution in [0.15, 0.2) is 47.8 Å². The van der Waals surface area contributed by atoms with Gasteiger partial charge in [-0.3, -0.25) is 9.78 Å². The van der Waals surface area contributed by atoms with Gasteiger partial charge in [-0.25, -0.2) is 4.39 Å². The average Bonchev–Trinajstić information content (AvgIpc) is 3.23. The second-order valence-electron chi connectivity index (χ2n) is 9.09. The number of amides is 1. The topological polar surface area (TPSA) is 88.3 Å². The van der Waals surface area contributed by atoms with E-state index >= 15 is 0 Å². The van der Waals surface area contributed by atoms with Gasteiger partial charge in [0.2, 0.25) is 0 Å². The Balaban J connectivity index is 1.72. The number of carbonyl (C=O) groups is 1. The van der Waals surface area contributed by atoms with Crippen molar-refractivity contribution in [3.05, 3.63) is 64.9 Å². The van der Waals surface area contributed by atoms with Crippen molar-refractivity contribution in [2.75, 3.05) is 25.6 Å². The summed E-state index contributed by atoms with van der Waals surface area (Å²) in [6.07, 6.45) is 6.02. The fourth-order valence-corrected chi connectivity index (χ4v) is 4.82. The molecule has 1 atom stereocenters. The smallest absolute Gasteiger partial charge is 0.255 e. The Bertz CT molecular complexity index is 1310. The van der Waals surface area contributed by atoms with E-state index in [1.54, 1.807) is 24.5 Å². The maximum Gasteiger partial charge on any atom is 0.255 e. The van der Waals surface area contributed by atoms with Gasteiger partial charge >= 0.3 is 0 Å². The van der Waals surface area contributed by atoms with Crippen molar-refractivity contribution in [1.82, 2.24) is 15.3 Å². The zero-order chi connectivity index (χ0) is 24.5. The minimum absolute atomic E-state index is 0.0815. The Kier molecular flexibility index (Phi) is 6.19. The molecule has 0 fully saturated rings. The monoisotopic (exact) mass is 476 g/mol. The summed E-state index contributed by atoms with van der Waals surface area (Å²) in [5.41, 5.74) is 6.52. The minimum atomic E-state index is -0.488. The molecule has 0 saturated heterocycles. The molecule has 1 amide bonds. The quantitative estimate of drug-likeness (QED) is 0.423. The number of H-pyrrole nitrogens is 1. The summed E-state index contributed by atoms with van der Waals surface area (Å²) in [7, 11) is 1.42. The van der Waals surface area contributed by atoms with E-state index in [4.69, 9.17) is 9.47 Å². The molecule has 0 spiro atoms. The molecule has 182 valence electrons. The first kappa shape index (κ1) is 23.0. The van der Waals surface area contributed by atoms with Gasteiger partial charge < -0.3 is 25.1 Å². The molecule has 1 aromatic carbocycles. The van der Waals surface area contributed by atoms with E-state index in [1.165, 1.54) is 24.3 Å². The molecule has 3 aromatic rings. The first-order valence-corrected chi connectivity index (χ1v) is 11.8. The number of hydrogen-bond donors (Lipinski definition) is 3. The molecular weight excluding hydrogens is 447 g/mol. The number of halogens is 1. The standard InChI is InChI=1S/C27H29FN4O3/c1-15-7-8-17-13-30-27(33)22-23(17)32-24(18-9-11-29-14-21(18)35-12-10-16(15)2)25(22)31-20-6-4-5-19(28)26(20)34-3/h4-6,9,11,14,17,31-32H,7-8,10,12-13H2,1-3H3,(H,30,33)/b16-15+/t17-/m0/s1. The molecule has 5 rings (SSSR count). The number of benzene rings is 1. The predicted molar refractivity (Wildman–Crippen MR) is 133 cm³/mol. The molecule has 0 radical (unpaired) electrons. The fourth-order valence-electron chi connectivity index (χ4n) is 4.82. The van der Waals surface area contributed by atoms with Crippen LogP contribution in [0, 0.1) is 5.82 Å². The molecule has 3 N–H and O–H groups in total. The number of pyridine rings is 1. The number of methoxy groups -OCH3 is 1. The lowest BCUT2D eigenvalue weighted by Gasteiger charge is -2.24. The van der Waals surface area contributed by atoms with Crippen molar-refractivity contribution >= 4 is 17.3 Å². The third-order valence-corrected chi connectivity index (χ3v) is 6.99. The van der Waals surface area contributed by atoms with Crippen LogP contribution in [0.3, 0.4) is 0 Å². The van der Waals surface area contributed by atoms with Crippen LogP contribution in [0.4, 0.5) is 15.8 Å². The van der Waals surface area contributed by atoms with Gasteiger partial charge in [-0.15, -0.1) is 0 Å². The van der Waals surface area contributed by atoms with E-state index in [-0.39, 0.29) is 17.6 Å². The first-order chi connectivity index (χ1) is 17.0. The van der Waals surface area contributed by atoms with Crippen LogP contribution in [-0.4, -0.2) is 36.1 Å². The third kappa shape index (κ3) is 4.24. The first-order valence-electron chi connectivity index (χ1n) is 11.8. The predicted octanol–water partition coefficient (Wildman–Crippen LogP) is 5.69. The van der Waals surface area contributed by atoms with Gasteiger partial charge in [0, 0.05) is 36.3 Å². The van der Waals surface area contributed by atoms with E-state index in [9.17, 15) is 9.18 Å². The van der Waals surface area contributed by atoms with Crippen molar-refractivity contribution in [3.8, 4) is 22.8 Å². The third-order valence-electron chi connectivity index (χ3n) is 6.99. The molecular formula is C27H29FN4O3. The van der Waals surface area contributed by atoms with Crippen molar-refractivity contribution in [2.24, 2.45) is 0 Å². The van der Waals surface area contributed by atoms with Crippen LogP contribution in [0.1, 0.15) is 55.1 Å². The van der Waals surface area contributed by atoms with E-state index in [2.05, 4.69) is 34.4 Å². The van der Waals surface area contributed by atoms with Crippen LogP contribution in [0.25, 0.3) is 11.3 Å². The summed E-state index contributed by atoms with van der Waals surface area (Å²) in [5.74, 6) is 0.142. The number of aromatic nitrogens is 2. The number of allylic oxidation sites excluding steroid dienone is 1. The maximum atomic E-state index is 14.5. The zero-order valence-electron chi connectivity index (χ0n) is 20.1. The van der Waals surface area contributed by atoms with E-state index in [1.807, 2.05) is 6.07 Å². The number of ether oxygens (including phenoxy) is 2. The second-order valence-corrected chi connectivity index (χ2v) is 9.09. The number of hydrogen-bond acceptors (Lipinski definition) is 5. The van der Waals surface area contributed by atoms with Crippen molar-refractivity contribution in [2.45, 2.75) is 39.0 Å². The number of rotatable bonds is 3. The highest BCUT2D eigenvalue weighted by atomic mass is 19.1. The molecule has 2 aliphatic rings. The number of para-hydroxylation sites is 1. The number of fused-ring (bicyclic) bond motifs is 3. The summed E-state index contributed by atoms with van der Waals surface area (Å²) < 4.78 is 26.0. The van der Waals surface area contributed by atoms with Gasteiger partial charge in [0.15, 0.2) is 11.6 Å². The summed E-state index contributed by atoms with van der Waals surface area (Å²) in [5, 5.41) is 6.35. The van der Waals surface area contributed by atoms with Crippen LogP contribution < -0.4 is 20.1 Å². The average molecular weight is 477 g/mol. The lowest BCUT2D eigenvalue weighted by atomic mass is 9.90. The van der Waals surface area contributed by atoms with Crippen LogP contribution in [0.2, 0.25) is 0 Å². The van der Waals surface area contributed by atoms with E-state index in [0.29, 0.717) is 41.5 Å². The Hall–Kier alpha value is -3.81. The number of nitrogens with one attached hydrogen (secondary N) is 3. The molecule has 2 aliphatic heterocycles. The van der Waals surface area contributed by atoms with Crippen molar-refractivity contribution in [3.63, 3.8) is 0 Å². The highest BCUT2D eigenvalue weighted by Crippen LogP contribution is 2.44. The Morgan fingerprint density at radius 3 is 2.86 bits per heavy atom. The lowest BCUT2D eigenvalue weighted by molar-refractivity contribution is 0.0940. The fraction of sp³-hybridized carbons (Fsp3) is 0.333. The normalized spacial score (nSPS) is 19.9. The Morgan fingerprint density at radius 2 is 2.03 bits per heavy atom. The van der Waals surface area contributed by atoms with Gasteiger partial charge in [0.05, 0.1) is 42.5 Å². The Morgan fingerprint density at radius 1 is 1.20 bits per heavy atom. The molecule has 2 bridgehead atoms. The molecule has 0 aliphatic carbocycles. The second kappa shape index (κ2) is 9.44. The van der Waals surface area contributed by atoms with Gasteiger partial charge in [-0.1, -0.05) is 17.2 Å². The summed E-state index contributed by atoms with van der Waals surface area (Å²) in [6, 6.07) is 6.53. The van der Waals surface area contributed by atoms with Gasteiger partial charge in [-0.2, -0.15) is 0 Å². The van der Waals surface area contributed by atoms with Gasteiger partial charge in [0.25, 0.3) is 5.91 Å². The highest BCUT2D eigenvalue weighted by molar-refractivity contribution is 6.07. The lowest BCUT2D eigenvalue weighted by Crippen LogP contribution is -2.35. The minimum Gasteiger partial charge on any atom is -0.492 e. The highest BCUT2D eigenvalue weighted by Gasteiger charge is 2.34. The number of nitrogens with zero attached hydrogens (tertiary/aromatic N) is 1. The zero-order valence-corrected chi connectivity index (χ0v) is 20.1. The van der Waals surface area contributed by atoms with E-state index in [0.717, 1.165) is 30.5 Å². The van der Waals surface area contributed by atoms with Crippen LogP contribution >= 0.6 is 0 Å². The molecule has 35 heavy (non-hydrogen) atoms. The number of aromatic amines is 1.